The van der Waals surface area contributed by atoms with E-state index in [4.69, 9.17) is 0 Å². The fourth-order valence-electron chi connectivity index (χ4n) is 3.10. The molecule has 0 unspecified atom stereocenters. The van der Waals surface area contributed by atoms with E-state index < -0.39 is 11.8 Å². The number of hydrazone groups is 2. The van der Waals surface area contributed by atoms with Gasteiger partial charge in [-0.05, 0) is 24.3 Å². The summed E-state index contributed by atoms with van der Waals surface area (Å²) in [6.07, 6.45) is 6.54. The van der Waals surface area contributed by atoms with Crippen LogP contribution in [0.25, 0.3) is 0 Å². The number of amides is 2. The van der Waals surface area contributed by atoms with Gasteiger partial charge in [-0.25, -0.2) is 10.9 Å². The maximum Gasteiger partial charge on any atom is 0.331 e. The van der Waals surface area contributed by atoms with Gasteiger partial charge in [-0.1, -0.05) is 60.7 Å². The molecule has 0 atom stereocenters. The maximum absolute atomic E-state index is 12.5. The number of carbonyl (C=O) groups is 2. The smallest absolute Gasteiger partial charge is 0.264 e. The topological polar surface area (TPSA) is 109 Å². The van der Waals surface area contributed by atoms with Crippen LogP contribution < -0.4 is 10.9 Å². The van der Waals surface area contributed by atoms with Crippen LogP contribution in [-0.2, 0) is 9.59 Å². The summed E-state index contributed by atoms with van der Waals surface area (Å²) in [5.41, 5.74) is 8.47. The van der Waals surface area contributed by atoms with Gasteiger partial charge in [-0.3, -0.25) is 19.6 Å². The standard InChI is InChI=1S/C26H20N6O2/c33-25(31-29-23(19-9-3-1-4-10-19)21-13-7-15-27-17-21)26(34)32-30-24(20-11-5-2-6-12-20)22-14-8-16-28-18-22/h1-18H,(H,31,33)(H,32,34). The van der Waals surface area contributed by atoms with Crippen molar-refractivity contribution in [3.05, 3.63) is 132 Å². The van der Waals surface area contributed by atoms with E-state index in [0.29, 0.717) is 22.6 Å². The number of rotatable bonds is 6. The van der Waals surface area contributed by atoms with E-state index >= 15 is 0 Å². The molecule has 8 heteroatoms. The van der Waals surface area contributed by atoms with E-state index in [1.165, 1.54) is 0 Å². The molecule has 0 spiro atoms. The number of benzene rings is 2. The molecule has 8 nitrogen and oxygen atoms in total. The second-order valence-electron chi connectivity index (χ2n) is 7.02. The molecule has 34 heavy (non-hydrogen) atoms. The van der Waals surface area contributed by atoms with Gasteiger partial charge in [0.2, 0.25) is 0 Å². The first kappa shape index (κ1) is 22.2. The first-order valence-corrected chi connectivity index (χ1v) is 10.4. The molecule has 4 rings (SSSR count). The van der Waals surface area contributed by atoms with Crippen molar-refractivity contribution < 1.29 is 9.59 Å². The number of pyridine rings is 2. The molecule has 2 amide bonds. The maximum atomic E-state index is 12.5. The second-order valence-corrected chi connectivity index (χ2v) is 7.02. The van der Waals surface area contributed by atoms with Crippen molar-refractivity contribution in [2.45, 2.75) is 0 Å². The van der Waals surface area contributed by atoms with E-state index in [1.807, 2.05) is 72.8 Å². The highest BCUT2D eigenvalue weighted by Gasteiger charge is 2.15. The van der Waals surface area contributed by atoms with E-state index in [2.05, 4.69) is 31.0 Å². The zero-order chi connectivity index (χ0) is 23.6. The van der Waals surface area contributed by atoms with Crippen molar-refractivity contribution >= 4 is 23.2 Å². The predicted molar refractivity (Wildman–Crippen MR) is 129 cm³/mol. The second kappa shape index (κ2) is 11.1. The average Bonchev–Trinajstić information content (AvgIpc) is 2.91. The van der Waals surface area contributed by atoms with E-state index in [0.717, 1.165) is 11.1 Å². The van der Waals surface area contributed by atoms with Crippen LogP contribution in [0.5, 0.6) is 0 Å². The predicted octanol–water partition coefficient (Wildman–Crippen LogP) is 2.91. The van der Waals surface area contributed by atoms with E-state index in [-0.39, 0.29) is 0 Å². The lowest BCUT2D eigenvalue weighted by atomic mass is 10.0. The third-order valence-corrected chi connectivity index (χ3v) is 4.71. The first-order valence-electron chi connectivity index (χ1n) is 10.4. The van der Waals surface area contributed by atoms with Gasteiger partial charge in [0.25, 0.3) is 0 Å². The van der Waals surface area contributed by atoms with Gasteiger partial charge in [0.15, 0.2) is 0 Å². The van der Waals surface area contributed by atoms with E-state index in [1.54, 1.807) is 36.9 Å². The molecule has 2 aromatic heterocycles. The third kappa shape index (κ3) is 5.63. The fraction of sp³-hybridized carbons (Fsp3) is 0. The Kier molecular flexibility index (Phi) is 7.22. The molecule has 0 aliphatic rings. The Morgan fingerprint density at radius 3 is 1.26 bits per heavy atom. The van der Waals surface area contributed by atoms with Crippen LogP contribution in [0.4, 0.5) is 0 Å². The SMILES string of the molecule is O=C(NN=C(c1ccccc1)c1cccnc1)C(=O)NN=C(c1ccccc1)c1cccnc1. The summed E-state index contributed by atoms with van der Waals surface area (Å²) in [6.45, 7) is 0. The van der Waals surface area contributed by atoms with Gasteiger partial charge in [-0.15, -0.1) is 0 Å². The van der Waals surface area contributed by atoms with Crippen LogP contribution in [0.1, 0.15) is 22.3 Å². The lowest BCUT2D eigenvalue weighted by Gasteiger charge is -2.08. The fourth-order valence-corrected chi connectivity index (χ4v) is 3.10. The molecule has 0 aliphatic heterocycles. The summed E-state index contributed by atoms with van der Waals surface area (Å²) in [5.74, 6) is -1.92. The first-order chi connectivity index (χ1) is 16.7. The Bertz CT molecular complexity index is 1120. The minimum absolute atomic E-state index is 0.471. The molecule has 2 N–H and O–H groups in total. The van der Waals surface area contributed by atoms with Crippen LogP contribution in [0.15, 0.2) is 120 Å². The average molecular weight is 448 g/mol. The van der Waals surface area contributed by atoms with Crippen LogP contribution in [0, 0.1) is 0 Å². The molecular weight excluding hydrogens is 428 g/mol. The molecule has 0 saturated carbocycles. The summed E-state index contributed by atoms with van der Waals surface area (Å²) >= 11 is 0. The summed E-state index contributed by atoms with van der Waals surface area (Å²) in [4.78, 5) is 33.1. The molecule has 0 saturated heterocycles. The van der Waals surface area contributed by atoms with Gasteiger partial charge in [0.05, 0.1) is 11.4 Å². The molecule has 166 valence electrons. The summed E-state index contributed by atoms with van der Waals surface area (Å²) in [5, 5.41) is 8.37. The minimum Gasteiger partial charge on any atom is -0.264 e. The molecule has 0 bridgehead atoms. The molecule has 0 fully saturated rings. The van der Waals surface area contributed by atoms with Crippen molar-refractivity contribution in [1.29, 1.82) is 0 Å². The Morgan fingerprint density at radius 2 is 0.912 bits per heavy atom. The highest BCUT2D eigenvalue weighted by Crippen LogP contribution is 2.10. The monoisotopic (exact) mass is 448 g/mol. The number of nitrogens with zero attached hydrogens (tertiary/aromatic N) is 4. The van der Waals surface area contributed by atoms with Crippen LogP contribution in [0.2, 0.25) is 0 Å². The number of carbonyl (C=O) groups excluding carboxylic acids is 2. The minimum atomic E-state index is -0.959. The largest absolute Gasteiger partial charge is 0.331 e. The zero-order valence-corrected chi connectivity index (χ0v) is 18.0. The quantitative estimate of drug-likeness (QED) is 0.269. The number of hydrogen-bond acceptors (Lipinski definition) is 6. The summed E-state index contributed by atoms with van der Waals surface area (Å²) in [7, 11) is 0. The lowest BCUT2D eigenvalue weighted by molar-refractivity contribution is -0.139. The van der Waals surface area contributed by atoms with Gasteiger partial charge in [0.1, 0.15) is 0 Å². The van der Waals surface area contributed by atoms with Gasteiger partial charge < -0.3 is 0 Å². The van der Waals surface area contributed by atoms with Crippen molar-refractivity contribution in [1.82, 2.24) is 20.8 Å². The zero-order valence-electron chi connectivity index (χ0n) is 18.0. The summed E-state index contributed by atoms with van der Waals surface area (Å²) in [6, 6.07) is 25.7. The highest BCUT2D eigenvalue weighted by atomic mass is 16.2. The van der Waals surface area contributed by atoms with E-state index in [9.17, 15) is 9.59 Å². The van der Waals surface area contributed by atoms with Crippen molar-refractivity contribution in [3.63, 3.8) is 0 Å². The van der Waals surface area contributed by atoms with Gasteiger partial charge in [-0.2, -0.15) is 10.2 Å². The summed E-state index contributed by atoms with van der Waals surface area (Å²) < 4.78 is 0. The molecular formula is C26H20N6O2. The Labute approximate surface area is 196 Å². The molecule has 2 aromatic carbocycles. The van der Waals surface area contributed by atoms with Crippen molar-refractivity contribution in [3.8, 4) is 0 Å². The molecule has 0 radical (unpaired) electrons. The highest BCUT2D eigenvalue weighted by molar-refractivity contribution is 6.35. The Balaban J connectivity index is 1.54. The van der Waals surface area contributed by atoms with Gasteiger partial charge in [0, 0.05) is 47.0 Å². The number of aromatic nitrogens is 2. The van der Waals surface area contributed by atoms with Crippen LogP contribution >= 0.6 is 0 Å². The Morgan fingerprint density at radius 1 is 0.529 bits per heavy atom. The number of nitrogens with one attached hydrogen (secondary N) is 2. The van der Waals surface area contributed by atoms with Crippen molar-refractivity contribution in [2.75, 3.05) is 0 Å². The van der Waals surface area contributed by atoms with Gasteiger partial charge >= 0.3 is 11.8 Å². The molecule has 4 aromatic rings. The van der Waals surface area contributed by atoms with Crippen LogP contribution in [0.3, 0.4) is 0 Å². The van der Waals surface area contributed by atoms with Crippen LogP contribution in [-0.4, -0.2) is 33.2 Å². The lowest BCUT2D eigenvalue weighted by Crippen LogP contribution is -2.36. The van der Waals surface area contributed by atoms with Crippen molar-refractivity contribution in [2.24, 2.45) is 10.2 Å². The Hall–Kier alpha value is -4.98. The normalized spacial score (nSPS) is 11.5. The molecule has 2 heterocycles. The molecule has 0 aliphatic carbocycles. The number of hydrogen-bond donors (Lipinski definition) is 2. The third-order valence-electron chi connectivity index (χ3n) is 4.71.